The van der Waals surface area contributed by atoms with Crippen LogP contribution in [0.1, 0.15) is 26.2 Å². The minimum Gasteiger partial charge on any atom is -0.299 e. The predicted octanol–water partition coefficient (Wildman–Crippen LogP) is 1.93. The van der Waals surface area contributed by atoms with Crippen LogP contribution in [0, 0.1) is 11.8 Å². The first-order chi connectivity index (χ1) is 4.77. The normalized spacial score (nSPS) is 38.1. The molecule has 2 aliphatic rings. The number of Topliss-reactive ketones (excluding diaryl/α,β-unsaturated/α-hetero) is 1. The lowest BCUT2D eigenvalue weighted by Gasteiger charge is -2.36. The number of ketones is 1. The lowest BCUT2D eigenvalue weighted by Crippen LogP contribution is -2.37. The van der Waals surface area contributed by atoms with Crippen LogP contribution in [0.5, 0.6) is 0 Å². The van der Waals surface area contributed by atoms with Gasteiger partial charge in [-0.1, -0.05) is 11.6 Å². The van der Waals surface area contributed by atoms with Gasteiger partial charge in [0.2, 0.25) is 0 Å². The van der Waals surface area contributed by atoms with Crippen molar-refractivity contribution in [2.24, 2.45) is 11.8 Å². The molecule has 0 amide bonds. The highest BCUT2D eigenvalue weighted by Crippen LogP contribution is 2.40. The molecule has 0 aromatic rings. The lowest BCUT2D eigenvalue weighted by molar-refractivity contribution is -0.132. The Morgan fingerprint density at radius 2 is 2.40 bits per heavy atom. The van der Waals surface area contributed by atoms with E-state index in [2.05, 4.69) is 13.0 Å². The fraction of sp³-hybridized carbons (Fsp3) is 0.667. The van der Waals surface area contributed by atoms with E-state index in [1.54, 1.807) is 0 Å². The summed E-state index contributed by atoms with van der Waals surface area (Å²) < 4.78 is 0. The summed E-state index contributed by atoms with van der Waals surface area (Å²) in [5, 5.41) is 0. The first-order valence-corrected chi connectivity index (χ1v) is 3.97. The SMILES string of the molecule is CC1=C[C@H]2CC(=O)[C@H]2CC1. The molecule has 2 aliphatic carbocycles. The van der Waals surface area contributed by atoms with E-state index in [0.29, 0.717) is 17.6 Å². The van der Waals surface area contributed by atoms with Crippen LogP contribution in [-0.2, 0) is 4.79 Å². The van der Waals surface area contributed by atoms with Gasteiger partial charge in [0.1, 0.15) is 5.78 Å². The Morgan fingerprint density at radius 1 is 1.60 bits per heavy atom. The number of hydrogen-bond donors (Lipinski definition) is 0. The fourth-order valence-corrected chi connectivity index (χ4v) is 1.99. The fourth-order valence-electron chi connectivity index (χ4n) is 1.99. The molecule has 0 heterocycles. The Kier molecular flexibility index (Phi) is 1.19. The Bertz CT molecular complexity index is 203. The molecule has 0 aromatic carbocycles. The number of rotatable bonds is 0. The van der Waals surface area contributed by atoms with Gasteiger partial charge in [0, 0.05) is 12.3 Å². The minimum absolute atomic E-state index is 0.420. The molecule has 54 valence electrons. The van der Waals surface area contributed by atoms with E-state index in [-0.39, 0.29) is 0 Å². The molecule has 0 radical (unpaired) electrons. The van der Waals surface area contributed by atoms with E-state index in [4.69, 9.17) is 0 Å². The number of hydrogen-bond acceptors (Lipinski definition) is 1. The van der Waals surface area contributed by atoms with Crippen LogP contribution in [0.25, 0.3) is 0 Å². The summed E-state index contributed by atoms with van der Waals surface area (Å²) >= 11 is 0. The smallest absolute Gasteiger partial charge is 0.137 e. The van der Waals surface area contributed by atoms with Gasteiger partial charge >= 0.3 is 0 Å². The third kappa shape index (κ3) is 0.731. The van der Waals surface area contributed by atoms with Crippen LogP contribution >= 0.6 is 0 Å². The summed E-state index contributed by atoms with van der Waals surface area (Å²) in [5.41, 5.74) is 1.48. The van der Waals surface area contributed by atoms with Crippen molar-refractivity contribution in [1.29, 1.82) is 0 Å². The van der Waals surface area contributed by atoms with Gasteiger partial charge in [-0.05, 0) is 25.7 Å². The summed E-state index contributed by atoms with van der Waals surface area (Å²) in [6.45, 7) is 2.17. The van der Waals surface area contributed by atoms with Crippen molar-refractivity contribution in [2.45, 2.75) is 26.2 Å². The second-order valence-electron chi connectivity index (χ2n) is 3.49. The van der Waals surface area contributed by atoms with Gasteiger partial charge in [0.05, 0.1) is 0 Å². The molecule has 0 unspecified atom stereocenters. The lowest BCUT2D eigenvalue weighted by atomic mass is 9.66. The summed E-state index contributed by atoms with van der Waals surface area (Å²) in [6, 6.07) is 0. The zero-order chi connectivity index (χ0) is 7.14. The Morgan fingerprint density at radius 3 is 3.00 bits per heavy atom. The average molecular weight is 136 g/mol. The summed E-state index contributed by atoms with van der Waals surface area (Å²) in [6.07, 6.45) is 5.37. The van der Waals surface area contributed by atoms with Gasteiger partial charge in [0.15, 0.2) is 0 Å². The van der Waals surface area contributed by atoms with E-state index in [1.165, 1.54) is 5.57 Å². The molecular weight excluding hydrogens is 124 g/mol. The van der Waals surface area contributed by atoms with Crippen molar-refractivity contribution < 1.29 is 4.79 Å². The number of carbonyl (C=O) groups is 1. The maximum absolute atomic E-state index is 10.9. The van der Waals surface area contributed by atoms with Crippen LogP contribution in [0.15, 0.2) is 11.6 Å². The highest BCUT2D eigenvalue weighted by Gasteiger charge is 2.39. The molecule has 1 heteroatoms. The van der Waals surface area contributed by atoms with Crippen molar-refractivity contribution in [3.8, 4) is 0 Å². The quantitative estimate of drug-likeness (QED) is 0.465. The third-order valence-corrected chi connectivity index (χ3v) is 2.72. The topological polar surface area (TPSA) is 17.1 Å². The van der Waals surface area contributed by atoms with Crippen LogP contribution in [0.2, 0.25) is 0 Å². The van der Waals surface area contributed by atoms with Crippen molar-refractivity contribution in [3.63, 3.8) is 0 Å². The van der Waals surface area contributed by atoms with E-state index in [9.17, 15) is 4.79 Å². The molecule has 2 rings (SSSR count). The molecular formula is C9H12O. The molecule has 0 aliphatic heterocycles. The maximum atomic E-state index is 10.9. The number of allylic oxidation sites excluding steroid dienone is 2. The van der Waals surface area contributed by atoms with Crippen molar-refractivity contribution in [3.05, 3.63) is 11.6 Å². The second-order valence-corrected chi connectivity index (χ2v) is 3.49. The minimum atomic E-state index is 0.420. The molecule has 0 saturated heterocycles. The number of carbonyl (C=O) groups excluding carboxylic acids is 1. The van der Waals surface area contributed by atoms with Crippen LogP contribution in [0.3, 0.4) is 0 Å². The van der Waals surface area contributed by atoms with Crippen molar-refractivity contribution >= 4 is 5.78 Å². The van der Waals surface area contributed by atoms with Gasteiger partial charge < -0.3 is 0 Å². The molecule has 1 nitrogen and oxygen atoms in total. The highest BCUT2D eigenvalue weighted by molar-refractivity contribution is 5.88. The van der Waals surface area contributed by atoms with Crippen molar-refractivity contribution in [1.82, 2.24) is 0 Å². The zero-order valence-electron chi connectivity index (χ0n) is 6.26. The number of fused-ring (bicyclic) bond motifs is 1. The van der Waals surface area contributed by atoms with Crippen LogP contribution in [-0.4, -0.2) is 5.78 Å². The van der Waals surface area contributed by atoms with E-state index in [0.717, 1.165) is 19.3 Å². The average Bonchev–Trinajstić information content (AvgIpc) is 1.86. The Hall–Kier alpha value is -0.590. The van der Waals surface area contributed by atoms with Gasteiger partial charge in [-0.3, -0.25) is 4.79 Å². The molecule has 1 fully saturated rings. The standard InChI is InChI=1S/C9H12O/c1-6-2-3-8-7(4-6)5-9(8)10/h4,7-8H,2-3,5H2,1H3/t7-,8-/m0/s1. The molecule has 2 atom stereocenters. The van der Waals surface area contributed by atoms with Gasteiger partial charge in [-0.2, -0.15) is 0 Å². The Balaban J connectivity index is 2.15. The van der Waals surface area contributed by atoms with Crippen molar-refractivity contribution in [2.75, 3.05) is 0 Å². The first-order valence-electron chi connectivity index (χ1n) is 3.97. The molecule has 0 aromatic heterocycles. The van der Waals surface area contributed by atoms with E-state index in [1.807, 2.05) is 0 Å². The second kappa shape index (κ2) is 1.94. The predicted molar refractivity (Wildman–Crippen MR) is 39.6 cm³/mol. The van der Waals surface area contributed by atoms with Crippen LogP contribution < -0.4 is 0 Å². The zero-order valence-corrected chi connectivity index (χ0v) is 6.26. The van der Waals surface area contributed by atoms with E-state index >= 15 is 0 Å². The van der Waals surface area contributed by atoms with Gasteiger partial charge in [0.25, 0.3) is 0 Å². The van der Waals surface area contributed by atoms with Gasteiger partial charge in [-0.15, -0.1) is 0 Å². The Labute approximate surface area is 61.1 Å². The van der Waals surface area contributed by atoms with Crippen LogP contribution in [0.4, 0.5) is 0 Å². The van der Waals surface area contributed by atoms with Gasteiger partial charge in [-0.25, -0.2) is 0 Å². The molecule has 0 bridgehead atoms. The highest BCUT2D eigenvalue weighted by atomic mass is 16.1. The molecule has 0 spiro atoms. The monoisotopic (exact) mass is 136 g/mol. The molecule has 0 N–H and O–H groups in total. The first kappa shape index (κ1) is 6.14. The summed E-state index contributed by atoms with van der Waals surface area (Å²) in [5.74, 6) is 1.54. The largest absolute Gasteiger partial charge is 0.299 e. The molecule has 1 saturated carbocycles. The van der Waals surface area contributed by atoms with E-state index < -0.39 is 0 Å². The molecule has 10 heavy (non-hydrogen) atoms. The third-order valence-electron chi connectivity index (χ3n) is 2.72. The summed E-state index contributed by atoms with van der Waals surface area (Å²) in [7, 11) is 0. The maximum Gasteiger partial charge on any atom is 0.137 e. The summed E-state index contributed by atoms with van der Waals surface area (Å²) in [4.78, 5) is 10.9.